The van der Waals surface area contributed by atoms with Crippen LogP contribution >= 0.6 is 0 Å². The summed E-state index contributed by atoms with van der Waals surface area (Å²) in [6.07, 6.45) is 4.49. The number of hydrogen-bond acceptors (Lipinski definition) is 13. The minimum Gasteiger partial charge on any atom is -0.390 e. The van der Waals surface area contributed by atoms with E-state index in [0.29, 0.717) is 13.0 Å². The van der Waals surface area contributed by atoms with Crippen molar-refractivity contribution in [2.24, 2.45) is 47.2 Å². The number of unbranched alkanes of at least 4 members (excludes halogenated alkanes) is 3. The summed E-state index contributed by atoms with van der Waals surface area (Å²) in [4.78, 5) is 170. The first kappa shape index (κ1) is 81.1. The molecule has 1 saturated heterocycles. The van der Waals surface area contributed by atoms with Crippen molar-refractivity contribution >= 4 is 65.0 Å². The van der Waals surface area contributed by atoms with Gasteiger partial charge >= 0.3 is 0 Å². The van der Waals surface area contributed by atoms with Crippen LogP contribution in [0.1, 0.15) is 182 Å². The quantitative estimate of drug-likeness (QED) is 0.101. The van der Waals surface area contributed by atoms with E-state index < -0.39 is 155 Å². The highest BCUT2D eigenvalue weighted by molar-refractivity contribution is 5.99. The first-order valence-electron chi connectivity index (χ1n) is 32.5. The van der Waals surface area contributed by atoms with E-state index in [4.69, 9.17) is 5.73 Å². The number of amides is 11. The zero-order chi connectivity index (χ0) is 69.0. The Bertz CT molecular complexity index is 2380. The van der Waals surface area contributed by atoms with Crippen molar-refractivity contribution in [2.45, 2.75) is 248 Å². The summed E-state index contributed by atoms with van der Waals surface area (Å²) in [5.41, 5.74) is 4.24. The number of nitrogens with one attached hydrogen (secondary N) is 4. The number of nitrogens with zero attached hydrogens (tertiary/aromatic N) is 7. The normalized spacial score (nSPS) is 26.3. The molecule has 24 nitrogen and oxygen atoms in total. The third-order valence-corrected chi connectivity index (χ3v) is 17.4. The van der Waals surface area contributed by atoms with E-state index >= 15 is 19.2 Å². The first-order chi connectivity index (χ1) is 41.0. The fourth-order valence-corrected chi connectivity index (χ4v) is 11.6. The topological polar surface area (TPSA) is 305 Å². The lowest BCUT2D eigenvalue weighted by Gasteiger charge is -2.42. The zero-order valence-corrected chi connectivity index (χ0v) is 58.9. The summed E-state index contributed by atoms with van der Waals surface area (Å²) in [5.74, 6) is -9.37. The van der Waals surface area contributed by atoms with Crippen LogP contribution in [0.5, 0.6) is 0 Å². The Balaban J connectivity index is 4.36. The summed E-state index contributed by atoms with van der Waals surface area (Å²) in [5, 5.41) is 22.2. The van der Waals surface area contributed by atoms with Crippen LogP contribution in [0.2, 0.25) is 0 Å². The molecule has 0 radical (unpaired) electrons. The molecule has 1 rings (SSSR count). The molecule has 11 amide bonds. The molecular weight excluding hydrogens is 1140 g/mol. The Morgan fingerprint density at radius 3 is 1.40 bits per heavy atom. The van der Waals surface area contributed by atoms with Crippen molar-refractivity contribution < 1.29 is 57.8 Å². The summed E-state index contributed by atoms with van der Waals surface area (Å²) in [6, 6.07) is -12.1. The Morgan fingerprint density at radius 2 is 0.933 bits per heavy atom. The van der Waals surface area contributed by atoms with Gasteiger partial charge in [-0.3, -0.25) is 52.7 Å². The van der Waals surface area contributed by atoms with Gasteiger partial charge in [0.2, 0.25) is 65.0 Å². The van der Waals surface area contributed by atoms with Crippen LogP contribution < -0.4 is 27.0 Å². The monoisotopic (exact) mass is 1260 g/mol. The largest absolute Gasteiger partial charge is 0.390 e. The molecule has 0 bridgehead atoms. The second-order valence-corrected chi connectivity index (χ2v) is 28.0. The molecule has 89 heavy (non-hydrogen) atoms. The maximum absolute atomic E-state index is 15.4. The number of carbonyl (C=O) groups excluding carboxylic acids is 11. The fraction of sp³-hybridized carbons (Fsp3) is 0.831. The Morgan fingerprint density at radius 1 is 0.483 bits per heavy atom. The van der Waals surface area contributed by atoms with E-state index in [2.05, 4.69) is 21.3 Å². The van der Waals surface area contributed by atoms with E-state index in [-0.39, 0.29) is 55.8 Å². The van der Waals surface area contributed by atoms with Gasteiger partial charge in [0.05, 0.1) is 12.1 Å². The Labute approximate surface area is 534 Å². The van der Waals surface area contributed by atoms with Crippen molar-refractivity contribution in [3.63, 3.8) is 0 Å². The number of hydrogen-bond donors (Lipinski definition) is 6. The minimum absolute atomic E-state index is 0.0707. The molecule has 1 aliphatic rings. The third kappa shape index (κ3) is 24.0. The lowest BCUT2D eigenvalue weighted by Crippen LogP contribution is -2.62. The van der Waals surface area contributed by atoms with Gasteiger partial charge in [-0.25, -0.2) is 0 Å². The van der Waals surface area contributed by atoms with Gasteiger partial charge in [0, 0.05) is 55.8 Å². The predicted molar refractivity (Wildman–Crippen MR) is 346 cm³/mol. The van der Waals surface area contributed by atoms with Crippen LogP contribution in [0, 0.1) is 41.4 Å². The van der Waals surface area contributed by atoms with Crippen LogP contribution in [0.15, 0.2) is 0 Å². The Hall–Kier alpha value is -5.91. The van der Waals surface area contributed by atoms with Crippen molar-refractivity contribution in [3.8, 4) is 0 Å². The Kier molecular flexibility index (Phi) is 33.5. The highest BCUT2D eigenvalue weighted by Gasteiger charge is 2.45. The van der Waals surface area contributed by atoms with Crippen molar-refractivity contribution in [1.82, 2.24) is 55.6 Å². The molecule has 0 aromatic carbocycles. The molecule has 512 valence electrons. The highest BCUT2D eigenvalue weighted by atomic mass is 16.3. The van der Waals surface area contributed by atoms with Crippen molar-refractivity contribution in [2.75, 3.05) is 62.4 Å². The number of carbonyl (C=O) groups is 11. The summed E-state index contributed by atoms with van der Waals surface area (Å²) >= 11 is 0. The first-order valence-corrected chi connectivity index (χ1v) is 32.5. The number of aliphatic hydroxyl groups is 1. The maximum atomic E-state index is 15.4. The van der Waals surface area contributed by atoms with E-state index in [1.165, 1.54) is 102 Å². The second-order valence-electron chi connectivity index (χ2n) is 28.0. The van der Waals surface area contributed by atoms with Crippen LogP contribution in [-0.4, -0.2) is 233 Å². The predicted octanol–water partition coefficient (Wildman–Crippen LogP) is 3.60. The van der Waals surface area contributed by atoms with Crippen molar-refractivity contribution in [1.29, 1.82) is 0 Å². The van der Waals surface area contributed by atoms with Crippen molar-refractivity contribution in [3.05, 3.63) is 0 Å². The van der Waals surface area contributed by atoms with Gasteiger partial charge in [0.25, 0.3) is 0 Å². The van der Waals surface area contributed by atoms with E-state index in [1.54, 1.807) is 34.6 Å². The molecule has 0 saturated carbocycles. The average Bonchev–Trinajstić information content (AvgIpc) is 1.49. The molecular formula is C65H120N12O12. The smallest absolute Gasteiger partial charge is 0.246 e. The number of rotatable bonds is 19. The molecule has 0 aromatic heterocycles. The number of nitrogens with two attached hydrogens (primary N) is 1. The van der Waals surface area contributed by atoms with Crippen LogP contribution in [-0.2, 0) is 52.7 Å². The molecule has 0 aliphatic carbocycles. The SMILES string of the molecule is CC[C@@H]1NC(=O)[C@H]([C@H](C)[C@H](C)CCCCCCN)N(C)C(=O)[C@H](C(C)C)N(C)C(=O)[C@H](CC(C)C)N(C)C(=O)[C@H](CC(C)C)N(C)C(=O)[C@@H](C)NC(=O)[C@H](C)NC(=O)[C@H](CC(C)C)N(C)C(=O)[C@H](C(C)C)NC(=O)[C@H](CC(C)(C)O)N(C)C(=O)CN(C)C1=O. The maximum Gasteiger partial charge on any atom is 0.246 e. The molecule has 0 spiro atoms. The zero-order valence-electron chi connectivity index (χ0n) is 58.9. The summed E-state index contributed by atoms with van der Waals surface area (Å²) in [7, 11) is 10.1. The van der Waals surface area contributed by atoms with Gasteiger partial charge in [0.15, 0.2) is 0 Å². The van der Waals surface area contributed by atoms with Crippen LogP contribution in [0.4, 0.5) is 0 Å². The lowest BCUT2D eigenvalue weighted by molar-refractivity contribution is -0.156. The summed E-state index contributed by atoms with van der Waals surface area (Å²) < 4.78 is 0. The highest BCUT2D eigenvalue weighted by Crippen LogP contribution is 2.29. The molecule has 7 N–H and O–H groups in total. The summed E-state index contributed by atoms with van der Waals surface area (Å²) in [6.45, 7) is 29.6. The van der Waals surface area contributed by atoms with Crippen LogP contribution in [0.3, 0.4) is 0 Å². The third-order valence-electron chi connectivity index (χ3n) is 17.4. The van der Waals surface area contributed by atoms with E-state index in [1.807, 2.05) is 55.4 Å². The van der Waals surface area contributed by atoms with Crippen LogP contribution in [0.25, 0.3) is 0 Å². The molecule has 12 atom stereocenters. The van der Waals surface area contributed by atoms with E-state index in [9.17, 15) is 38.7 Å². The molecule has 0 aromatic rings. The molecule has 1 fully saturated rings. The molecule has 0 unspecified atom stereocenters. The molecule has 1 heterocycles. The average molecular weight is 1260 g/mol. The van der Waals surface area contributed by atoms with Gasteiger partial charge in [-0.2, -0.15) is 0 Å². The van der Waals surface area contributed by atoms with Gasteiger partial charge < -0.3 is 66.4 Å². The lowest BCUT2D eigenvalue weighted by atomic mass is 9.83. The molecule has 1 aliphatic heterocycles. The number of likely N-dealkylation sites (N-methyl/N-ethyl adjacent to an activating group) is 7. The van der Waals surface area contributed by atoms with E-state index in [0.717, 1.165) is 35.5 Å². The minimum atomic E-state index is -1.53. The van der Waals surface area contributed by atoms with Gasteiger partial charge in [-0.05, 0) is 108 Å². The molecule has 24 heteroatoms. The van der Waals surface area contributed by atoms with Gasteiger partial charge in [-0.1, -0.05) is 116 Å². The fourth-order valence-electron chi connectivity index (χ4n) is 11.6. The second kappa shape index (κ2) is 36.8. The van der Waals surface area contributed by atoms with Gasteiger partial charge in [0.1, 0.15) is 60.4 Å². The standard InChI is InChI=1S/C65H120N12O12/c1-25-46-60(84)71(18)36-51(78)72(19)50(35-65(16,17)89)57(81)70-52(40(8)9)63(87)73(20)47(32-37(2)3)56(80)67-44(14)55(79)68-45(15)59(83)74(21)48(33-38(4)5)61(85)75(22)49(34-39(6)7)62(86)76(23)53(41(10)11)64(88)77(24)54(58(82)69-46)43(13)42(12)30-28-26-27-29-31-66/h37-50,52-54,89H,25-36,66H2,1-24H3,(H,67,80)(H,68,79)(H,69,82)(H,70,81)/t42-,43-,44+,45-,46+,47+,48+,49+,50+,52+,53+,54+/m1/s1. The van der Waals surface area contributed by atoms with Gasteiger partial charge in [-0.15, -0.1) is 0 Å².